The SMILES string of the molecule is CC(C)Sc1nnc(SSc2nnc(SC(C)C)s2)s1. The zero-order valence-electron chi connectivity index (χ0n) is 11.4. The minimum atomic E-state index is 0.534. The third-order valence-corrected chi connectivity index (χ3v) is 8.61. The molecule has 0 saturated heterocycles. The Bertz CT molecular complexity index is 489. The van der Waals surface area contributed by atoms with Crippen LogP contribution in [0.5, 0.6) is 0 Å². The van der Waals surface area contributed by atoms with Gasteiger partial charge in [-0.1, -0.05) is 73.9 Å². The van der Waals surface area contributed by atoms with Crippen LogP contribution in [0.2, 0.25) is 0 Å². The second-order valence-corrected chi connectivity index (χ2v) is 12.4. The van der Waals surface area contributed by atoms with Gasteiger partial charge in [0.2, 0.25) is 0 Å². The highest BCUT2D eigenvalue weighted by atomic mass is 33.1. The molecule has 0 saturated carbocycles. The first-order valence-corrected chi connectivity index (χ1v) is 11.4. The predicted octanol–water partition coefficient (Wildman–Crippen LogP) is 5.19. The standard InChI is InChI=1S/C10H14N4S6/c1-5(2)15-7-11-13-9(17-7)19-20-10-14-12-8(18-10)16-6(3)4/h5-6H,1-4H3. The van der Waals surface area contributed by atoms with Crippen LogP contribution in [0.3, 0.4) is 0 Å². The largest absolute Gasteiger partial charge is 0.186 e. The quantitative estimate of drug-likeness (QED) is 0.479. The fraction of sp³-hybridized carbons (Fsp3) is 0.600. The lowest BCUT2D eigenvalue weighted by Crippen LogP contribution is -1.84. The highest BCUT2D eigenvalue weighted by molar-refractivity contribution is 8.77. The van der Waals surface area contributed by atoms with Gasteiger partial charge >= 0.3 is 0 Å². The van der Waals surface area contributed by atoms with Crippen LogP contribution < -0.4 is 0 Å². The van der Waals surface area contributed by atoms with Crippen molar-refractivity contribution in [3.05, 3.63) is 0 Å². The van der Waals surface area contributed by atoms with Crippen LogP contribution in [0, 0.1) is 0 Å². The summed E-state index contributed by atoms with van der Waals surface area (Å²) in [6.07, 6.45) is 0. The van der Waals surface area contributed by atoms with Crippen molar-refractivity contribution >= 4 is 67.8 Å². The lowest BCUT2D eigenvalue weighted by molar-refractivity contribution is 0.950. The lowest BCUT2D eigenvalue weighted by atomic mass is 10.6. The van der Waals surface area contributed by atoms with E-state index in [4.69, 9.17) is 0 Å². The Morgan fingerprint density at radius 2 is 1.00 bits per heavy atom. The van der Waals surface area contributed by atoms with E-state index in [0.717, 1.165) is 17.4 Å². The predicted molar refractivity (Wildman–Crippen MR) is 93.5 cm³/mol. The summed E-state index contributed by atoms with van der Waals surface area (Å²) in [6.45, 7) is 8.62. The summed E-state index contributed by atoms with van der Waals surface area (Å²) in [6, 6.07) is 0. The molecule has 2 aromatic rings. The average molecular weight is 383 g/mol. The molecule has 0 N–H and O–H groups in total. The molecule has 4 nitrogen and oxygen atoms in total. The molecule has 0 radical (unpaired) electrons. The summed E-state index contributed by atoms with van der Waals surface area (Å²) in [4.78, 5) is 0. The van der Waals surface area contributed by atoms with Gasteiger partial charge in [0.15, 0.2) is 17.4 Å². The van der Waals surface area contributed by atoms with Gasteiger partial charge in [-0.25, -0.2) is 0 Å². The van der Waals surface area contributed by atoms with E-state index in [1.165, 1.54) is 0 Å². The number of nitrogens with zero attached hydrogens (tertiary/aromatic N) is 4. The Balaban J connectivity index is 1.85. The van der Waals surface area contributed by atoms with E-state index in [1.807, 2.05) is 0 Å². The van der Waals surface area contributed by atoms with E-state index in [0.29, 0.717) is 10.5 Å². The number of thioether (sulfide) groups is 2. The van der Waals surface area contributed by atoms with Crippen molar-refractivity contribution in [1.29, 1.82) is 0 Å². The number of hydrogen-bond donors (Lipinski definition) is 0. The first kappa shape index (κ1) is 16.9. The zero-order chi connectivity index (χ0) is 14.5. The molecular formula is C10H14N4S6. The first-order chi connectivity index (χ1) is 9.52. The van der Waals surface area contributed by atoms with Crippen LogP contribution in [0.1, 0.15) is 27.7 Å². The molecule has 0 fully saturated rings. The summed E-state index contributed by atoms with van der Waals surface area (Å²) in [5.74, 6) is 0. The van der Waals surface area contributed by atoms with Crippen LogP contribution >= 0.6 is 67.8 Å². The summed E-state index contributed by atoms with van der Waals surface area (Å²) in [7, 11) is 3.20. The maximum atomic E-state index is 4.18. The van der Waals surface area contributed by atoms with E-state index in [9.17, 15) is 0 Å². The molecule has 0 aliphatic rings. The zero-order valence-corrected chi connectivity index (χ0v) is 16.3. The Kier molecular flexibility index (Phi) is 6.95. The van der Waals surface area contributed by atoms with Gasteiger partial charge in [-0.3, -0.25) is 0 Å². The van der Waals surface area contributed by atoms with Crippen molar-refractivity contribution in [3.8, 4) is 0 Å². The maximum absolute atomic E-state index is 4.18. The normalized spacial score (nSPS) is 11.7. The van der Waals surface area contributed by atoms with Crippen molar-refractivity contribution in [2.24, 2.45) is 0 Å². The molecule has 0 atom stereocenters. The van der Waals surface area contributed by atoms with Crippen molar-refractivity contribution in [1.82, 2.24) is 20.4 Å². The van der Waals surface area contributed by atoms with E-state index < -0.39 is 0 Å². The van der Waals surface area contributed by atoms with Gasteiger partial charge in [0.05, 0.1) is 0 Å². The van der Waals surface area contributed by atoms with Crippen molar-refractivity contribution in [2.75, 3.05) is 0 Å². The average Bonchev–Trinajstić information content (AvgIpc) is 2.94. The highest BCUT2D eigenvalue weighted by Gasteiger charge is 2.11. The molecule has 0 aliphatic carbocycles. The third-order valence-electron chi connectivity index (χ3n) is 1.63. The lowest BCUT2D eigenvalue weighted by Gasteiger charge is -1.97. The van der Waals surface area contributed by atoms with Crippen molar-refractivity contribution < 1.29 is 0 Å². The molecule has 20 heavy (non-hydrogen) atoms. The number of rotatable bonds is 7. The molecule has 110 valence electrons. The minimum absolute atomic E-state index is 0.534. The number of aromatic nitrogens is 4. The molecule has 2 rings (SSSR count). The Labute approximate surface area is 143 Å². The summed E-state index contributed by atoms with van der Waals surface area (Å²) < 4.78 is 3.98. The smallest absolute Gasteiger partial charge is 0.131 e. The van der Waals surface area contributed by atoms with E-state index in [-0.39, 0.29) is 0 Å². The van der Waals surface area contributed by atoms with Gasteiger partial charge in [-0.2, -0.15) is 0 Å². The first-order valence-electron chi connectivity index (χ1n) is 5.87. The van der Waals surface area contributed by atoms with Crippen LogP contribution in [0.15, 0.2) is 17.4 Å². The molecule has 0 amide bonds. The highest BCUT2D eigenvalue weighted by Crippen LogP contribution is 2.42. The molecule has 0 spiro atoms. The van der Waals surface area contributed by atoms with E-state index in [2.05, 4.69) is 48.1 Å². The van der Waals surface area contributed by atoms with E-state index >= 15 is 0 Å². The van der Waals surface area contributed by atoms with Crippen molar-refractivity contribution in [3.63, 3.8) is 0 Å². The van der Waals surface area contributed by atoms with Crippen LogP contribution in [-0.2, 0) is 0 Å². The monoisotopic (exact) mass is 382 g/mol. The topological polar surface area (TPSA) is 51.6 Å². The Morgan fingerprint density at radius 1 is 0.650 bits per heavy atom. The van der Waals surface area contributed by atoms with Crippen LogP contribution in [-0.4, -0.2) is 30.9 Å². The second kappa shape index (κ2) is 8.23. The van der Waals surface area contributed by atoms with Crippen LogP contribution in [0.4, 0.5) is 0 Å². The fourth-order valence-corrected chi connectivity index (χ4v) is 7.86. The summed E-state index contributed by atoms with van der Waals surface area (Å²) >= 11 is 6.75. The molecular weight excluding hydrogens is 369 g/mol. The molecule has 2 heterocycles. The minimum Gasteiger partial charge on any atom is -0.131 e. The molecule has 0 unspecified atom stereocenters. The number of hydrogen-bond acceptors (Lipinski definition) is 10. The van der Waals surface area contributed by atoms with Crippen molar-refractivity contribution in [2.45, 2.75) is 55.6 Å². The Morgan fingerprint density at radius 3 is 1.35 bits per heavy atom. The second-order valence-electron chi connectivity index (χ2n) is 4.17. The van der Waals surface area contributed by atoms with Gasteiger partial charge in [0.25, 0.3) is 0 Å². The van der Waals surface area contributed by atoms with Gasteiger partial charge in [-0.15, -0.1) is 20.4 Å². The molecule has 2 aromatic heterocycles. The third kappa shape index (κ3) is 5.72. The molecule has 0 aromatic carbocycles. The van der Waals surface area contributed by atoms with Gasteiger partial charge in [0.1, 0.15) is 0 Å². The Hall–Kier alpha value is 0.520. The fourth-order valence-electron chi connectivity index (χ4n) is 1.03. The molecule has 10 heteroatoms. The molecule has 0 aliphatic heterocycles. The van der Waals surface area contributed by atoms with Gasteiger partial charge in [0, 0.05) is 10.5 Å². The molecule has 0 bridgehead atoms. The van der Waals surface area contributed by atoms with Crippen LogP contribution in [0.25, 0.3) is 0 Å². The van der Waals surface area contributed by atoms with Gasteiger partial charge in [-0.05, 0) is 21.6 Å². The maximum Gasteiger partial charge on any atom is 0.186 e. The van der Waals surface area contributed by atoms with Gasteiger partial charge < -0.3 is 0 Å². The summed E-state index contributed by atoms with van der Waals surface area (Å²) in [5.41, 5.74) is 0. The van der Waals surface area contributed by atoms with E-state index in [1.54, 1.807) is 67.8 Å². The summed E-state index contributed by atoms with van der Waals surface area (Å²) in [5, 5.41) is 17.8.